The van der Waals surface area contributed by atoms with Crippen molar-refractivity contribution in [2.75, 3.05) is 0 Å². The summed E-state index contributed by atoms with van der Waals surface area (Å²) in [4.78, 5) is 0. The monoisotopic (exact) mass is 386 g/mol. The molecule has 0 saturated carbocycles. The van der Waals surface area contributed by atoms with E-state index in [0.29, 0.717) is 5.92 Å². The molecule has 2 aliphatic rings. The van der Waals surface area contributed by atoms with E-state index in [-0.39, 0.29) is 0 Å². The van der Waals surface area contributed by atoms with Crippen molar-refractivity contribution in [3.05, 3.63) is 107 Å². The van der Waals surface area contributed by atoms with Gasteiger partial charge in [0.15, 0.2) is 7.85 Å². The smallest absolute Gasteiger partial charge is 0.170 e. The highest BCUT2D eigenvalue weighted by molar-refractivity contribution is 6.18. The lowest BCUT2D eigenvalue weighted by molar-refractivity contribution is 0.204. The highest BCUT2D eigenvalue weighted by Gasteiger charge is 2.35. The fourth-order valence-corrected chi connectivity index (χ4v) is 5.26. The van der Waals surface area contributed by atoms with Crippen molar-refractivity contribution in [1.29, 1.82) is 0 Å². The zero-order valence-electron chi connectivity index (χ0n) is 17.4. The molecule has 2 atom stereocenters. The maximum absolute atomic E-state index is 6.89. The molecule has 30 heavy (non-hydrogen) atoms. The van der Waals surface area contributed by atoms with Crippen LogP contribution in [-0.2, 0) is 11.9 Å². The summed E-state index contributed by atoms with van der Waals surface area (Å²) in [5, 5.41) is 2.59. The lowest BCUT2D eigenvalue weighted by Crippen LogP contribution is -2.34. The molecule has 144 valence electrons. The molecule has 0 radical (unpaired) electrons. The van der Waals surface area contributed by atoms with E-state index >= 15 is 0 Å². The molecule has 0 fully saturated rings. The van der Waals surface area contributed by atoms with Gasteiger partial charge >= 0.3 is 0 Å². The molecule has 0 bridgehead atoms. The molecular formula is C28H23BO. The van der Waals surface area contributed by atoms with E-state index in [2.05, 4.69) is 106 Å². The number of hydrogen-bond donors (Lipinski definition) is 0. The predicted molar refractivity (Wildman–Crippen MR) is 128 cm³/mol. The van der Waals surface area contributed by atoms with E-state index < -0.39 is 5.50 Å². The van der Waals surface area contributed by atoms with Gasteiger partial charge in [-0.2, -0.15) is 0 Å². The molecule has 2 heteroatoms. The zero-order valence-corrected chi connectivity index (χ0v) is 17.4. The Morgan fingerprint density at radius 1 is 0.867 bits per heavy atom. The minimum absolute atomic E-state index is 0.468. The van der Waals surface area contributed by atoms with Crippen molar-refractivity contribution < 1.29 is 4.74 Å². The van der Waals surface area contributed by atoms with Crippen LogP contribution in [0, 0.1) is 0 Å². The van der Waals surface area contributed by atoms with Crippen LogP contribution in [0.15, 0.2) is 84.9 Å². The first kappa shape index (κ1) is 17.6. The van der Waals surface area contributed by atoms with E-state index in [0.717, 1.165) is 12.2 Å². The highest BCUT2D eigenvalue weighted by Crippen LogP contribution is 2.51. The molecule has 1 heterocycles. The van der Waals surface area contributed by atoms with Crippen LogP contribution in [0.2, 0.25) is 0 Å². The van der Waals surface area contributed by atoms with Crippen molar-refractivity contribution in [2.24, 2.45) is 0 Å². The Hall–Kier alpha value is -3.26. The topological polar surface area (TPSA) is 9.23 Å². The molecule has 6 rings (SSSR count). The van der Waals surface area contributed by atoms with Crippen LogP contribution >= 0.6 is 0 Å². The molecule has 4 aromatic rings. The summed E-state index contributed by atoms with van der Waals surface area (Å²) >= 11 is 0. The highest BCUT2D eigenvalue weighted by atomic mass is 16.5. The minimum atomic E-state index is -0.468. The average molecular weight is 386 g/mol. The summed E-state index contributed by atoms with van der Waals surface area (Å²) in [6.45, 7) is 2.33. The largest absolute Gasteiger partial charge is 0.487 e. The van der Waals surface area contributed by atoms with Gasteiger partial charge in [-0.3, -0.25) is 0 Å². The standard InChI is InChI=1S/C28H23BO/c1-18-17-25-26(22-13-7-5-11-20(18)22)23-14-8-6-12-21(23)24-15-16-28(29,30-27(24)25)19-9-3-2-4-10-19/h2-16,18H,17,29H2,1H3/t18?,28-/m0/s1. The Bertz CT molecular complexity index is 1320. The van der Waals surface area contributed by atoms with Crippen LogP contribution in [0.1, 0.15) is 35.1 Å². The molecule has 1 aliphatic heterocycles. The van der Waals surface area contributed by atoms with Crippen molar-refractivity contribution in [3.8, 4) is 16.9 Å². The molecule has 0 amide bonds. The van der Waals surface area contributed by atoms with Gasteiger partial charge in [-0.25, -0.2) is 0 Å². The Balaban J connectivity index is 1.67. The van der Waals surface area contributed by atoms with E-state index in [1.165, 1.54) is 44.2 Å². The van der Waals surface area contributed by atoms with E-state index in [9.17, 15) is 0 Å². The second kappa shape index (κ2) is 6.37. The lowest BCUT2D eigenvalue weighted by atomic mass is 9.71. The molecule has 4 aromatic carbocycles. The maximum atomic E-state index is 6.89. The van der Waals surface area contributed by atoms with E-state index in [4.69, 9.17) is 4.74 Å². The van der Waals surface area contributed by atoms with Crippen LogP contribution in [-0.4, -0.2) is 7.85 Å². The van der Waals surface area contributed by atoms with Crippen LogP contribution in [0.3, 0.4) is 0 Å². The summed E-state index contributed by atoms with van der Waals surface area (Å²) in [6, 6.07) is 28.2. The van der Waals surface area contributed by atoms with Crippen LogP contribution in [0.4, 0.5) is 0 Å². The third-order valence-electron chi connectivity index (χ3n) is 6.81. The zero-order chi connectivity index (χ0) is 20.3. The van der Waals surface area contributed by atoms with Gasteiger partial charge in [0.1, 0.15) is 11.2 Å². The number of benzene rings is 4. The quantitative estimate of drug-likeness (QED) is 0.362. The number of hydrogen-bond acceptors (Lipinski definition) is 1. The van der Waals surface area contributed by atoms with Gasteiger partial charge < -0.3 is 4.74 Å². The van der Waals surface area contributed by atoms with Gasteiger partial charge in [0.05, 0.1) is 0 Å². The molecule has 0 spiro atoms. The Morgan fingerprint density at radius 2 is 1.57 bits per heavy atom. The lowest BCUT2D eigenvalue weighted by Gasteiger charge is -2.37. The van der Waals surface area contributed by atoms with Crippen LogP contribution < -0.4 is 4.74 Å². The van der Waals surface area contributed by atoms with Gasteiger partial charge in [-0.05, 0) is 51.4 Å². The molecule has 1 nitrogen and oxygen atoms in total. The third kappa shape index (κ3) is 2.43. The first-order chi connectivity index (χ1) is 14.7. The van der Waals surface area contributed by atoms with Crippen molar-refractivity contribution in [3.63, 3.8) is 0 Å². The second-order valence-corrected chi connectivity index (χ2v) is 8.74. The fourth-order valence-electron chi connectivity index (χ4n) is 5.26. The van der Waals surface area contributed by atoms with Crippen molar-refractivity contribution >= 4 is 24.7 Å². The SMILES string of the molecule is B[C@@]1(c2ccccc2)C=Cc2c(c3c(c4ccccc24)-c2ccccc2C(C)C3)O1. The predicted octanol–water partition coefficient (Wildman–Crippen LogP) is 6.06. The molecule has 1 aliphatic carbocycles. The first-order valence-electron chi connectivity index (χ1n) is 10.8. The second-order valence-electron chi connectivity index (χ2n) is 8.74. The summed E-state index contributed by atoms with van der Waals surface area (Å²) in [6.07, 6.45) is 5.49. The van der Waals surface area contributed by atoms with E-state index in [1.54, 1.807) is 0 Å². The van der Waals surface area contributed by atoms with Crippen LogP contribution in [0.25, 0.3) is 28.0 Å². The van der Waals surface area contributed by atoms with Crippen molar-refractivity contribution in [1.82, 2.24) is 0 Å². The summed E-state index contributed by atoms with van der Waals surface area (Å²) in [5.41, 5.74) is 7.41. The average Bonchev–Trinajstić information content (AvgIpc) is 2.80. The molecule has 1 unspecified atom stereocenters. The van der Waals surface area contributed by atoms with Gasteiger partial charge in [0.2, 0.25) is 0 Å². The molecule has 0 saturated heterocycles. The first-order valence-corrected chi connectivity index (χ1v) is 10.8. The summed E-state index contributed by atoms with van der Waals surface area (Å²) in [7, 11) is 2.17. The summed E-state index contributed by atoms with van der Waals surface area (Å²) in [5.74, 6) is 1.52. The Morgan fingerprint density at radius 3 is 2.40 bits per heavy atom. The fraction of sp³-hybridized carbons (Fsp3) is 0.143. The third-order valence-corrected chi connectivity index (χ3v) is 6.81. The Kier molecular flexibility index (Phi) is 3.74. The summed E-state index contributed by atoms with van der Waals surface area (Å²) < 4.78 is 6.89. The van der Waals surface area contributed by atoms with Gasteiger partial charge in [-0.15, -0.1) is 0 Å². The van der Waals surface area contributed by atoms with Gasteiger partial charge in [0.25, 0.3) is 0 Å². The van der Waals surface area contributed by atoms with Gasteiger partial charge in [-0.1, -0.05) is 91.9 Å². The maximum Gasteiger partial charge on any atom is 0.170 e. The van der Waals surface area contributed by atoms with Crippen LogP contribution in [0.5, 0.6) is 5.75 Å². The molecule has 0 aromatic heterocycles. The number of fused-ring (bicyclic) bond motifs is 8. The van der Waals surface area contributed by atoms with Gasteiger partial charge in [0, 0.05) is 11.1 Å². The normalized spacial score (nSPS) is 21.4. The molecule has 0 N–H and O–H groups in total. The number of rotatable bonds is 1. The molecular weight excluding hydrogens is 363 g/mol. The van der Waals surface area contributed by atoms with Crippen molar-refractivity contribution in [2.45, 2.75) is 24.8 Å². The Labute approximate surface area is 178 Å². The number of ether oxygens (including phenoxy) is 1. The minimum Gasteiger partial charge on any atom is -0.487 e. The van der Waals surface area contributed by atoms with E-state index in [1.807, 2.05) is 0 Å².